The van der Waals surface area contributed by atoms with Gasteiger partial charge in [-0.05, 0) is 55.7 Å². The number of carbonyl (C=O) groups excluding carboxylic acids is 2. The van der Waals surface area contributed by atoms with Crippen molar-refractivity contribution in [2.45, 2.75) is 26.7 Å². The van der Waals surface area contributed by atoms with Gasteiger partial charge < -0.3 is 20.1 Å². The molecule has 0 bridgehead atoms. The van der Waals surface area contributed by atoms with E-state index >= 15 is 0 Å². The van der Waals surface area contributed by atoms with Crippen LogP contribution in [0.25, 0.3) is 11.0 Å². The first kappa shape index (κ1) is 24.7. The van der Waals surface area contributed by atoms with Crippen molar-refractivity contribution in [3.8, 4) is 11.6 Å². The van der Waals surface area contributed by atoms with E-state index in [9.17, 15) is 9.59 Å². The number of aromatic nitrogens is 3. The number of amides is 2. The van der Waals surface area contributed by atoms with Crippen LogP contribution in [0.3, 0.4) is 0 Å². The Morgan fingerprint density at radius 2 is 1.78 bits per heavy atom. The molecule has 2 heterocycles. The normalized spacial score (nSPS) is 10.8. The van der Waals surface area contributed by atoms with Crippen molar-refractivity contribution in [1.29, 1.82) is 0 Å². The van der Waals surface area contributed by atoms with Gasteiger partial charge >= 0.3 is 0 Å². The molecule has 36 heavy (non-hydrogen) atoms. The number of carbonyl (C=O) groups is 2. The smallest absolute Gasteiger partial charge is 0.257 e. The van der Waals surface area contributed by atoms with Crippen LogP contribution in [0.1, 0.15) is 33.6 Å². The Kier molecular flexibility index (Phi) is 7.19. The molecule has 0 aliphatic carbocycles. The number of rotatable bonds is 8. The SMILES string of the molecule is COc1cccc(NC(=O)c2ccccc2NC(=O)CCc2c(C)nc3c(c(OC)nn3C)c2C)c1. The van der Waals surface area contributed by atoms with Gasteiger partial charge in [0.05, 0.1) is 30.9 Å². The van der Waals surface area contributed by atoms with Crippen molar-refractivity contribution in [1.82, 2.24) is 14.8 Å². The first-order valence-electron chi connectivity index (χ1n) is 11.5. The molecular formula is C27H29N5O4. The molecule has 0 aliphatic rings. The monoisotopic (exact) mass is 487 g/mol. The third-order valence-electron chi connectivity index (χ3n) is 6.09. The Labute approximate surface area is 209 Å². The predicted octanol–water partition coefficient (Wildman–Crippen LogP) is 4.43. The fourth-order valence-corrected chi connectivity index (χ4v) is 4.25. The minimum absolute atomic E-state index is 0.200. The van der Waals surface area contributed by atoms with E-state index in [1.54, 1.807) is 67.4 Å². The van der Waals surface area contributed by atoms with Gasteiger partial charge in [-0.2, -0.15) is 0 Å². The zero-order chi connectivity index (χ0) is 25.8. The molecule has 9 nitrogen and oxygen atoms in total. The second-order valence-corrected chi connectivity index (χ2v) is 8.41. The standard InChI is InChI=1S/C27H29N5O4/c1-16-20(17(2)28-25-24(16)27(36-5)31-32(25)3)13-14-23(33)30-22-12-7-6-11-21(22)26(34)29-18-9-8-10-19(15-18)35-4/h6-12,15H,13-14H2,1-5H3,(H,29,34)(H,30,33). The van der Waals surface area contributed by atoms with E-state index in [4.69, 9.17) is 9.47 Å². The molecule has 0 fully saturated rings. The zero-order valence-corrected chi connectivity index (χ0v) is 21.0. The van der Waals surface area contributed by atoms with Gasteiger partial charge in [-0.15, -0.1) is 5.10 Å². The van der Waals surface area contributed by atoms with E-state index in [2.05, 4.69) is 20.7 Å². The van der Waals surface area contributed by atoms with Crippen molar-refractivity contribution in [2.24, 2.45) is 7.05 Å². The summed E-state index contributed by atoms with van der Waals surface area (Å²) in [7, 11) is 4.97. The lowest BCUT2D eigenvalue weighted by Gasteiger charge is -2.13. The molecule has 0 spiro atoms. The van der Waals surface area contributed by atoms with Gasteiger partial charge in [0.15, 0.2) is 5.65 Å². The highest BCUT2D eigenvalue weighted by molar-refractivity contribution is 6.10. The quantitative estimate of drug-likeness (QED) is 0.381. The Morgan fingerprint density at radius 1 is 1.00 bits per heavy atom. The van der Waals surface area contributed by atoms with Crippen LogP contribution < -0.4 is 20.1 Å². The topological polar surface area (TPSA) is 107 Å². The molecule has 0 atom stereocenters. The second-order valence-electron chi connectivity index (χ2n) is 8.41. The molecule has 9 heteroatoms. The molecule has 186 valence electrons. The first-order valence-corrected chi connectivity index (χ1v) is 11.5. The Morgan fingerprint density at radius 3 is 2.53 bits per heavy atom. The molecule has 0 aliphatic heterocycles. The van der Waals surface area contributed by atoms with Crippen LogP contribution in [-0.2, 0) is 18.3 Å². The summed E-state index contributed by atoms with van der Waals surface area (Å²) in [6, 6.07) is 14.0. The van der Waals surface area contributed by atoms with Crippen LogP contribution in [0.15, 0.2) is 48.5 Å². The number of fused-ring (bicyclic) bond motifs is 1. The third-order valence-corrected chi connectivity index (χ3v) is 6.09. The first-order chi connectivity index (χ1) is 17.3. The molecule has 4 rings (SSSR count). The molecule has 0 radical (unpaired) electrons. The number of methoxy groups -OCH3 is 2. The summed E-state index contributed by atoms with van der Waals surface area (Å²) < 4.78 is 12.3. The summed E-state index contributed by atoms with van der Waals surface area (Å²) in [5.74, 6) is 0.619. The number of pyridine rings is 1. The highest BCUT2D eigenvalue weighted by atomic mass is 16.5. The van der Waals surface area contributed by atoms with Crippen molar-refractivity contribution in [2.75, 3.05) is 24.9 Å². The molecule has 2 amide bonds. The maximum absolute atomic E-state index is 12.9. The predicted molar refractivity (Wildman–Crippen MR) is 139 cm³/mol. The number of ether oxygens (including phenoxy) is 2. The van der Waals surface area contributed by atoms with Crippen LogP contribution in [-0.4, -0.2) is 40.8 Å². The van der Waals surface area contributed by atoms with E-state index in [0.717, 1.165) is 27.9 Å². The van der Waals surface area contributed by atoms with Gasteiger partial charge in [0.2, 0.25) is 11.8 Å². The number of para-hydroxylation sites is 1. The zero-order valence-electron chi connectivity index (χ0n) is 21.0. The van der Waals surface area contributed by atoms with Gasteiger partial charge in [0, 0.05) is 30.9 Å². The molecule has 2 N–H and O–H groups in total. The summed E-state index contributed by atoms with van der Waals surface area (Å²) in [5.41, 5.74) is 4.96. The molecule has 0 saturated heterocycles. The summed E-state index contributed by atoms with van der Waals surface area (Å²) >= 11 is 0. The van der Waals surface area contributed by atoms with Crippen LogP contribution in [0.4, 0.5) is 11.4 Å². The van der Waals surface area contributed by atoms with Gasteiger partial charge in [-0.1, -0.05) is 18.2 Å². The molecule has 2 aromatic heterocycles. The third kappa shape index (κ3) is 5.00. The summed E-state index contributed by atoms with van der Waals surface area (Å²) in [6.45, 7) is 3.92. The molecule has 0 saturated carbocycles. The van der Waals surface area contributed by atoms with E-state index < -0.39 is 0 Å². The van der Waals surface area contributed by atoms with Crippen LogP contribution >= 0.6 is 0 Å². The van der Waals surface area contributed by atoms with Gasteiger partial charge in [0.25, 0.3) is 5.91 Å². The Hall–Kier alpha value is -4.40. The Balaban J connectivity index is 1.49. The Bertz CT molecular complexity index is 1440. The summed E-state index contributed by atoms with van der Waals surface area (Å²) in [6.07, 6.45) is 0.714. The van der Waals surface area contributed by atoms with Gasteiger partial charge in [-0.3, -0.25) is 9.59 Å². The number of aryl methyl sites for hydroxylation is 3. The molecule has 0 unspecified atom stereocenters. The minimum Gasteiger partial charge on any atom is -0.497 e. The number of hydrogen-bond acceptors (Lipinski definition) is 6. The highest BCUT2D eigenvalue weighted by Crippen LogP contribution is 2.30. The number of anilines is 2. The number of nitrogens with one attached hydrogen (secondary N) is 2. The molecule has 4 aromatic rings. The lowest BCUT2D eigenvalue weighted by molar-refractivity contribution is -0.116. The lowest BCUT2D eigenvalue weighted by Crippen LogP contribution is -2.18. The lowest BCUT2D eigenvalue weighted by atomic mass is 10.00. The maximum Gasteiger partial charge on any atom is 0.257 e. The van der Waals surface area contributed by atoms with Crippen molar-refractivity contribution in [3.05, 3.63) is 70.9 Å². The van der Waals surface area contributed by atoms with E-state index in [1.807, 2.05) is 20.9 Å². The maximum atomic E-state index is 12.9. The number of benzene rings is 2. The van der Waals surface area contributed by atoms with Gasteiger partial charge in [0.1, 0.15) is 5.75 Å². The number of hydrogen-bond donors (Lipinski definition) is 2. The summed E-state index contributed by atoms with van der Waals surface area (Å²) in [4.78, 5) is 30.5. The fraction of sp³-hybridized carbons (Fsp3) is 0.259. The van der Waals surface area contributed by atoms with Crippen molar-refractivity contribution < 1.29 is 19.1 Å². The van der Waals surface area contributed by atoms with E-state index in [-0.39, 0.29) is 18.2 Å². The summed E-state index contributed by atoms with van der Waals surface area (Å²) in [5, 5.41) is 11.0. The molecule has 2 aromatic carbocycles. The van der Waals surface area contributed by atoms with E-state index in [1.165, 1.54) is 0 Å². The van der Waals surface area contributed by atoms with Crippen LogP contribution in [0.5, 0.6) is 11.6 Å². The van der Waals surface area contributed by atoms with Crippen LogP contribution in [0, 0.1) is 13.8 Å². The number of nitrogens with zero attached hydrogens (tertiary/aromatic N) is 3. The fourth-order valence-electron chi connectivity index (χ4n) is 4.25. The molecular weight excluding hydrogens is 458 g/mol. The minimum atomic E-state index is -0.329. The average molecular weight is 488 g/mol. The van der Waals surface area contributed by atoms with Crippen molar-refractivity contribution >= 4 is 34.2 Å². The van der Waals surface area contributed by atoms with Crippen molar-refractivity contribution in [3.63, 3.8) is 0 Å². The van der Waals surface area contributed by atoms with E-state index in [0.29, 0.717) is 35.0 Å². The van der Waals surface area contributed by atoms with Gasteiger partial charge in [-0.25, -0.2) is 9.67 Å². The average Bonchev–Trinajstić information content (AvgIpc) is 3.19. The van der Waals surface area contributed by atoms with Crippen LogP contribution in [0.2, 0.25) is 0 Å². The largest absolute Gasteiger partial charge is 0.497 e. The highest BCUT2D eigenvalue weighted by Gasteiger charge is 2.19. The second kappa shape index (κ2) is 10.5.